The number of benzene rings is 1. The van der Waals surface area contributed by atoms with Gasteiger partial charge in [-0.25, -0.2) is 0 Å². The number of carbonyl (C=O) groups excluding carboxylic acids is 1. The quantitative estimate of drug-likeness (QED) is 0.624. The van der Waals surface area contributed by atoms with E-state index in [1.54, 1.807) is 18.2 Å². The largest absolute Gasteiger partial charge is 0.321 e. The minimum absolute atomic E-state index is 0.0144. The lowest BCUT2D eigenvalue weighted by molar-refractivity contribution is 0.0974. The molecule has 64 valence electrons. The maximum atomic E-state index is 11.4. The van der Waals surface area contributed by atoms with Crippen molar-refractivity contribution < 1.29 is 4.79 Å². The van der Waals surface area contributed by atoms with Crippen molar-refractivity contribution in [1.29, 1.82) is 5.26 Å². The van der Waals surface area contributed by atoms with Gasteiger partial charge in [-0.1, -0.05) is 0 Å². The molecule has 0 saturated heterocycles. The predicted molar refractivity (Wildman–Crippen MR) is 47.2 cm³/mol. The number of rotatable bonds is 0. The molecule has 0 fully saturated rings. The fraction of sp³-hybridized carbons (Fsp3) is 0.200. The molecule has 1 aliphatic rings. The van der Waals surface area contributed by atoms with E-state index in [1.165, 1.54) is 0 Å². The Labute approximate surface area is 75.8 Å². The molecule has 0 radical (unpaired) electrons. The zero-order valence-electron chi connectivity index (χ0n) is 6.95. The van der Waals surface area contributed by atoms with E-state index in [9.17, 15) is 4.79 Å². The molecule has 0 aromatic heterocycles. The first-order valence-electron chi connectivity index (χ1n) is 4.05. The Balaban J connectivity index is 2.54. The highest BCUT2D eigenvalue weighted by Crippen LogP contribution is 2.21. The Hall–Kier alpha value is -1.66. The molecule has 1 aromatic carbocycles. The second-order valence-corrected chi connectivity index (χ2v) is 3.16. The topological polar surface area (TPSA) is 66.9 Å². The SMILES string of the molecule is N#Cc1ccc2c(c1)CC(N)C2=O. The highest BCUT2D eigenvalue weighted by Gasteiger charge is 2.27. The van der Waals surface area contributed by atoms with Gasteiger partial charge in [-0.2, -0.15) is 5.26 Å². The van der Waals surface area contributed by atoms with Gasteiger partial charge in [-0.05, 0) is 30.2 Å². The van der Waals surface area contributed by atoms with Crippen LogP contribution in [0.25, 0.3) is 0 Å². The van der Waals surface area contributed by atoms with Gasteiger partial charge in [0.2, 0.25) is 0 Å². The van der Waals surface area contributed by atoms with Crippen LogP contribution in [0.5, 0.6) is 0 Å². The van der Waals surface area contributed by atoms with Crippen LogP contribution >= 0.6 is 0 Å². The summed E-state index contributed by atoms with van der Waals surface area (Å²) in [4.78, 5) is 11.4. The zero-order valence-corrected chi connectivity index (χ0v) is 6.95. The molecule has 0 aliphatic heterocycles. The summed E-state index contributed by atoms with van der Waals surface area (Å²) in [6.07, 6.45) is 0.559. The van der Waals surface area contributed by atoms with Crippen molar-refractivity contribution in [3.63, 3.8) is 0 Å². The second-order valence-electron chi connectivity index (χ2n) is 3.16. The van der Waals surface area contributed by atoms with Crippen molar-refractivity contribution in [2.24, 2.45) is 5.73 Å². The molecule has 1 aliphatic carbocycles. The average Bonchev–Trinajstić information content (AvgIpc) is 2.42. The van der Waals surface area contributed by atoms with Crippen LogP contribution in [0.3, 0.4) is 0 Å². The molecule has 13 heavy (non-hydrogen) atoms. The first kappa shape index (κ1) is 7.96. The lowest BCUT2D eigenvalue weighted by Gasteiger charge is -1.95. The van der Waals surface area contributed by atoms with E-state index in [0.29, 0.717) is 17.5 Å². The number of fused-ring (bicyclic) bond motifs is 1. The van der Waals surface area contributed by atoms with Crippen LogP contribution in [0.1, 0.15) is 21.5 Å². The maximum absolute atomic E-state index is 11.4. The Bertz CT molecular complexity index is 417. The third-order valence-corrected chi connectivity index (χ3v) is 2.28. The third-order valence-electron chi connectivity index (χ3n) is 2.28. The molecule has 1 atom stereocenters. The van der Waals surface area contributed by atoms with E-state index >= 15 is 0 Å². The molecule has 0 heterocycles. The average molecular weight is 172 g/mol. The van der Waals surface area contributed by atoms with Crippen LogP contribution in [0.4, 0.5) is 0 Å². The first-order chi connectivity index (χ1) is 6.22. The van der Waals surface area contributed by atoms with Gasteiger partial charge in [0.25, 0.3) is 0 Å². The summed E-state index contributed by atoms with van der Waals surface area (Å²) >= 11 is 0. The van der Waals surface area contributed by atoms with Gasteiger partial charge in [0.15, 0.2) is 5.78 Å². The molecular weight excluding hydrogens is 164 g/mol. The molecule has 2 rings (SSSR count). The number of hydrogen-bond acceptors (Lipinski definition) is 3. The van der Waals surface area contributed by atoms with E-state index in [-0.39, 0.29) is 5.78 Å². The number of nitrogens with two attached hydrogens (primary N) is 1. The fourth-order valence-corrected chi connectivity index (χ4v) is 1.60. The molecular formula is C10H8N2O. The number of ketones is 1. The van der Waals surface area contributed by atoms with Gasteiger partial charge in [-0.15, -0.1) is 0 Å². The zero-order chi connectivity index (χ0) is 9.42. The minimum Gasteiger partial charge on any atom is -0.321 e. The lowest BCUT2D eigenvalue weighted by atomic mass is 10.1. The van der Waals surface area contributed by atoms with Crippen molar-refractivity contribution in [3.05, 3.63) is 34.9 Å². The van der Waals surface area contributed by atoms with Crippen LogP contribution in [0, 0.1) is 11.3 Å². The molecule has 0 saturated carbocycles. The highest BCUT2D eigenvalue weighted by molar-refractivity contribution is 6.04. The van der Waals surface area contributed by atoms with Gasteiger partial charge in [0.05, 0.1) is 17.7 Å². The number of Topliss-reactive ketones (excluding diaryl/α,β-unsaturated/α-hetero) is 1. The van der Waals surface area contributed by atoms with Crippen LogP contribution < -0.4 is 5.73 Å². The summed E-state index contributed by atoms with van der Waals surface area (Å²) in [5.74, 6) is -0.0144. The van der Waals surface area contributed by atoms with Gasteiger partial charge < -0.3 is 5.73 Å². The van der Waals surface area contributed by atoms with Crippen LogP contribution in [0.15, 0.2) is 18.2 Å². The summed E-state index contributed by atoms with van der Waals surface area (Å²) < 4.78 is 0. The van der Waals surface area contributed by atoms with E-state index in [2.05, 4.69) is 0 Å². The number of carbonyl (C=O) groups is 1. The van der Waals surface area contributed by atoms with Gasteiger partial charge in [-0.3, -0.25) is 4.79 Å². The van der Waals surface area contributed by atoms with E-state index in [0.717, 1.165) is 5.56 Å². The smallest absolute Gasteiger partial charge is 0.180 e. The molecule has 2 N–H and O–H groups in total. The Morgan fingerprint density at radius 3 is 3.00 bits per heavy atom. The summed E-state index contributed by atoms with van der Waals surface area (Å²) in [5, 5.41) is 8.63. The van der Waals surface area contributed by atoms with Crippen LogP contribution in [-0.4, -0.2) is 11.8 Å². The predicted octanol–water partition coefficient (Wildman–Crippen LogP) is 0.624. The molecule has 1 unspecified atom stereocenters. The number of hydrogen-bond donors (Lipinski definition) is 1. The van der Waals surface area contributed by atoms with Crippen molar-refractivity contribution in [1.82, 2.24) is 0 Å². The second kappa shape index (κ2) is 2.68. The fourth-order valence-electron chi connectivity index (χ4n) is 1.60. The molecule has 1 aromatic rings. The normalized spacial score (nSPS) is 19.7. The highest BCUT2D eigenvalue weighted by atomic mass is 16.1. The molecule has 0 bridgehead atoms. The van der Waals surface area contributed by atoms with Gasteiger partial charge in [0.1, 0.15) is 0 Å². The Morgan fingerprint density at radius 2 is 2.31 bits per heavy atom. The maximum Gasteiger partial charge on any atom is 0.180 e. The van der Waals surface area contributed by atoms with E-state index in [1.807, 2.05) is 6.07 Å². The summed E-state index contributed by atoms with van der Waals surface area (Å²) in [6.45, 7) is 0. The molecule has 3 nitrogen and oxygen atoms in total. The van der Waals surface area contributed by atoms with E-state index in [4.69, 9.17) is 11.0 Å². The third kappa shape index (κ3) is 1.12. The monoisotopic (exact) mass is 172 g/mol. The van der Waals surface area contributed by atoms with Crippen molar-refractivity contribution in [3.8, 4) is 6.07 Å². The van der Waals surface area contributed by atoms with Crippen LogP contribution in [0.2, 0.25) is 0 Å². The summed E-state index contributed by atoms with van der Waals surface area (Å²) in [7, 11) is 0. The van der Waals surface area contributed by atoms with Crippen molar-refractivity contribution >= 4 is 5.78 Å². The molecule has 3 heteroatoms. The van der Waals surface area contributed by atoms with Crippen LogP contribution in [-0.2, 0) is 6.42 Å². The van der Waals surface area contributed by atoms with E-state index < -0.39 is 6.04 Å². The van der Waals surface area contributed by atoms with Crippen molar-refractivity contribution in [2.75, 3.05) is 0 Å². The Morgan fingerprint density at radius 1 is 1.54 bits per heavy atom. The summed E-state index contributed by atoms with van der Waals surface area (Å²) in [5.41, 5.74) is 7.74. The first-order valence-corrected chi connectivity index (χ1v) is 4.05. The van der Waals surface area contributed by atoms with Gasteiger partial charge in [0, 0.05) is 5.56 Å². The molecule has 0 amide bonds. The minimum atomic E-state index is -0.413. The number of nitrogens with zero attached hydrogens (tertiary/aromatic N) is 1. The van der Waals surface area contributed by atoms with Crippen molar-refractivity contribution in [2.45, 2.75) is 12.5 Å². The molecule has 0 spiro atoms. The Kier molecular flexibility index (Phi) is 1.64. The standard InChI is InChI=1S/C10H8N2O/c11-5-6-1-2-8-7(3-6)4-9(12)10(8)13/h1-3,9H,4,12H2. The van der Waals surface area contributed by atoms with Gasteiger partial charge >= 0.3 is 0 Å². The number of nitriles is 1. The summed E-state index contributed by atoms with van der Waals surface area (Å²) in [6, 6.07) is 6.69. The lowest BCUT2D eigenvalue weighted by Crippen LogP contribution is -2.26.